The third-order valence-corrected chi connectivity index (χ3v) is 4.78. The summed E-state index contributed by atoms with van der Waals surface area (Å²) in [5.41, 5.74) is 3.92. The lowest BCUT2D eigenvalue weighted by Crippen LogP contribution is -2.24. The van der Waals surface area contributed by atoms with E-state index in [4.69, 9.17) is 4.74 Å². The van der Waals surface area contributed by atoms with E-state index in [0.717, 1.165) is 31.8 Å². The second-order valence-corrected chi connectivity index (χ2v) is 6.88. The highest BCUT2D eigenvalue weighted by molar-refractivity contribution is 5.29. The molecule has 2 nitrogen and oxygen atoms in total. The van der Waals surface area contributed by atoms with Crippen LogP contribution in [0.2, 0.25) is 0 Å². The van der Waals surface area contributed by atoms with Crippen molar-refractivity contribution < 1.29 is 4.74 Å². The minimum absolute atomic E-state index is 0.610. The Hall–Kier alpha value is -2.58. The van der Waals surface area contributed by atoms with Crippen molar-refractivity contribution in [1.82, 2.24) is 4.90 Å². The van der Waals surface area contributed by atoms with Gasteiger partial charge in [-0.15, -0.1) is 0 Å². The Morgan fingerprint density at radius 3 is 2.11 bits per heavy atom. The minimum Gasteiger partial charge on any atom is -0.489 e. The zero-order valence-corrected chi connectivity index (χ0v) is 16.2. The second-order valence-electron chi connectivity index (χ2n) is 6.88. The molecular weight excluding hydrogens is 330 g/mol. The van der Waals surface area contributed by atoms with Crippen molar-refractivity contribution in [3.8, 4) is 5.75 Å². The van der Waals surface area contributed by atoms with Crippen LogP contribution in [0.25, 0.3) is 0 Å². The number of nitrogens with zero attached hydrogens (tertiary/aromatic N) is 1. The molecule has 2 heteroatoms. The molecule has 140 valence electrons. The lowest BCUT2D eigenvalue weighted by atomic mass is 10.1. The molecule has 0 atom stereocenters. The first-order valence-electron chi connectivity index (χ1n) is 9.85. The molecule has 0 radical (unpaired) electrons. The van der Waals surface area contributed by atoms with Crippen LogP contribution in [0.15, 0.2) is 84.9 Å². The molecule has 0 saturated carbocycles. The van der Waals surface area contributed by atoms with Gasteiger partial charge in [0.05, 0.1) is 0 Å². The Morgan fingerprint density at radius 2 is 1.41 bits per heavy atom. The van der Waals surface area contributed by atoms with Crippen LogP contribution in [0.3, 0.4) is 0 Å². The van der Waals surface area contributed by atoms with Crippen LogP contribution >= 0.6 is 0 Å². The first-order valence-corrected chi connectivity index (χ1v) is 9.85. The van der Waals surface area contributed by atoms with E-state index in [1.807, 2.05) is 24.3 Å². The van der Waals surface area contributed by atoms with Crippen LogP contribution in [-0.4, -0.2) is 18.0 Å². The summed E-state index contributed by atoms with van der Waals surface area (Å²) in [5, 5.41) is 0. The molecule has 0 N–H and O–H groups in total. The Bertz CT molecular complexity index is 786. The van der Waals surface area contributed by atoms with E-state index in [-0.39, 0.29) is 0 Å². The molecule has 0 unspecified atom stereocenters. The molecule has 0 aliphatic rings. The van der Waals surface area contributed by atoms with Gasteiger partial charge in [0.15, 0.2) is 0 Å². The molecule has 0 aliphatic carbocycles. The first-order chi connectivity index (χ1) is 13.3. The maximum absolute atomic E-state index is 5.97. The summed E-state index contributed by atoms with van der Waals surface area (Å²) >= 11 is 0. The van der Waals surface area contributed by atoms with Crippen LogP contribution in [0, 0.1) is 0 Å². The van der Waals surface area contributed by atoms with Crippen molar-refractivity contribution in [2.45, 2.75) is 32.9 Å². The number of hydrogen-bond donors (Lipinski definition) is 0. The SMILES string of the molecule is CCN(CCCc1ccccc1)Cc1cccc(OCc2ccccc2)c1. The van der Waals surface area contributed by atoms with E-state index in [9.17, 15) is 0 Å². The zero-order chi connectivity index (χ0) is 18.7. The monoisotopic (exact) mass is 359 g/mol. The van der Waals surface area contributed by atoms with Crippen LogP contribution in [0.4, 0.5) is 0 Å². The van der Waals surface area contributed by atoms with Crippen LogP contribution in [0.1, 0.15) is 30.0 Å². The molecule has 0 aliphatic heterocycles. The topological polar surface area (TPSA) is 12.5 Å². The Morgan fingerprint density at radius 1 is 0.741 bits per heavy atom. The van der Waals surface area contributed by atoms with Gasteiger partial charge in [-0.05, 0) is 54.8 Å². The van der Waals surface area contributed by atoms with E-state index < -0.39 is 0 Å². The zero-order valence-electron chi connectivity index (χ0n) is 16.2. The summed E-state index contributed by atoms with van der Waals surface area (Å²) in [6, 6.07) is 29.5. The normalized spacial score (nSPS) is 10.9. The van der Waals surface area contributed by atoms with Gasteiger partial charge in [0.2, 0.25) is 0 Å². The molecule has 3 aromatic rings. The summed E-state index contributed by atoms with van der Waals surface area (Å²) in [7, 11) is 0. The predicted octanol–water partition coefficient (Wildman–Crippen LogP) is 5.72. The number of ether oxygens (including phenoxy) is 1. The van der Waals surface area contributed by atoms with E-state index >= 15 is 0 Å². The summed E-state index contributed by atoms with van der Waals surface area (Å²) in [6.07, 6.45) is 2.32. The van der Waals surface area contributed by atoms with Gasteiger partial charge in [0.1, 0.15) is 12.4 Å². The fourth-order valence-corrected chi connectivity index (χ4v) is 3.23. The van der Waals surface area contributed by atoms with Gasteiger partial charge >= 0.3 is 0 Å². The third-order valence-electron chi connectivity index (χ3n) is 4.78. The van der Waals surface area contributed by atoms with E-state index in [0.29, 0.717) is 6.61 Å². The molecule has 0 saturated heterocycles. The number of rotatable bonds is 10. The van der Waals surface area contributed by atoms with Crippen LogP contribution in [0.5, 0.6) is 5.75 Å². The average Bonchev–Trinajstić information content (AvgIpc) is 2.73. The lowest BCUT2D eigenvalue weighted by molar-refractivity contribution is 0.274. The van der Waals surface area contributed by atoms with Crippen LogP contribution < -0.4 is 4.74 Å². The molecule has 0 bridgehead atoms. The fraction of sp³-hybridized carbons (Fsp3) is 0.280. The third kappa shape index (κ3) is 6.58. The van der Waals surface area contributed by atoms with Crippen molar-refractivity contribution in [3.05, 3.63) is 102 Å². The van der Waals surface area contributed by atoms with Crippen molar-refractivity contribution >= 4 is 0 Å². The highest BCUT2D eigenvalue weighted by atomic mass is 16.5. The van der Waals surface area contributed by atoms with E-state index in [2.05, 4.69) is 72.5 Å². The predicted molar refractivity (Wildman–Crippen MR) is 113 cm³/mol. The average molecular weight is 360 g/mol. The summed E-state index contributed by atoms with van der Waals surface area (Å²) < 4.78 is 5.97. The van der Waals surface area contributed by atoms with Crippen molar-refractivity contribution in [3.63, 3.8) is 0 Å². The van der Waals surface area contributed by atoms with Gasteiger partial charge in [0.25, 0.3) is 0 Å². The molecular formula is C25H29NO. The Kier molecular flexibility index (Phi) is 7.49. The number of benzene rings is 3. The molecule has 0 aromatic heterocycles. The maximum atomic E-state index is 5.97. The van der Waals surface area contributed by atoms with E-state index in [1.54, 1.807) is 0 Å². The van der Waals surface area contributed by atoms with E-state index in [1.165, 1.54) is 23.1 Å². The highest BCUT2D eigenvalue weighted by Gasteiger charge is 2.05. The van der Waals surface area contributed by atoms with Gasteiger partial charge in [-0.25, -0.2) is 0 Å². The fourth-order valence-electron chi connectivity index (χ4n) is 3.23. The quantitative estimate of drug-likeness (QED) is 0.459. The van der Waals surface area contributed by atoms with Crippen molar-refractivity contribution in [2.24, 2.45) is 0 Å². The maximum Gasteiger partial charge on any atom is 0.120 e. The molecule has 3 rings (SSSR count). The first kappa shape index (κ1) is 19.2. The minimum atomic E-state index is 0.610. The van der Waals surface area contributed by atoms with Gasteiger partial charge in [-0.3, -0.25) is 4.90 Å². The smallest absolute Gasteiger partial charge is 0.120 e. The van der Waals surface area contributed by atoms with Crippen molar-refractivity contribution in [1.29, 1.82) is 0 Å². The number of aryl methyl sites for hydroxylation is 1. The van der Waals surface area contributed by atoms with Gasteiger partial charge in [-0.1, -0.05) is 79.7 Å². The molecule has 0 spiro atoms. The summed E-state index contributed by atoms with van der Waals surface area (Å²) in [4.78, 5) is 2.50. The standard InChI is InChI=1S/C25H29NO/c1-2-26(18-10-16-22-11-5-3-6-12-22)20-24-15-9-17-25(19-24)27-21-23-13-7-4-8-14-23/h3-9,11-15,17,19H,2,10,16,18,20-21H2,1H3. The summed E-state index contributed by atoms with van der Waals surface area (Å²) in [5.74, 6) is 0.941. The second kappa shape index (κ2) is 10.5. The molecule has 27 heavy (non-hydrogen) atoms. The Labute approximate surface area is 163 Å². The molecule has 3 aromatic carbocycles. The van der Waals surface area contributed by atoms with Crippen molar-refractivity contribution in [2.75, 3.05) is 13.1 Å². The Balaban J connectivity index is 1.49. The number of hydrogen-bond acceptors (Lipinski definition) is 2. The lowest BCUT2D eigenvalue weighted by Gasteiger charge is -2.21. The van der Waals surface area contributed by atoms with Gasteiger partial charge < -0.3 is 4.74 Å². The van der Waals surface area contributed by atoms with Gasteiger partial charge in [0, 0.05) is 6.54 Å². The van der Waals surface area contributed by atoms with Gasteiger partial charge in [-0.2, -0.15) is 0 Å². The molecule has 0 fully saturated rings. The summed E-state index contributed by atoms with van der Waals surface area (Å²) in [6.45, 7) is 5.98. The van der Waals surface area contributed by atoms with Crippen LogP contribution in [-0.2, 0) is 19.6 Å². The molecule has 0 amide bonds. The largest absolute Gasteiger partial charge is 0.489 e. The highest BCUT2D eigenvalue weighted by Crippen LogP contribution is 2.17. The molecule has 0 heterocycles.